The second-order valence-electron chi connectivity index (χ2n) is 3.63. The van der Waals surface area contributed by atoms with E-state index in [2.05, 4.69) is 6.58 Å². The lowest BCUT2D eigenvalue weighted by atomic mass is 9.91. The predicted octanol–water partition coefficient (Wildman–Crippen LogP) is -2.10. The van der Waals surface area contributed by atoms with Gasteiger partial charge in [-0.1, -0.05) is 12.7 Å². The Morgan fingerprint density at radius 2 is 1.67 bits per heavy atom. The van der Waals surface area contributed by atoms with Crippen molar-refractivity contribution in [3.63, 3.8) is 0 Å². The molecule has 0 aromatic rings. The van der Waals surface area contributed by atoms with Gasteiger partial charge in [-0.2, -0.15) is 0 Å². The van der Waals surface area contributed by atoms with Crippen molar-refractivity contribution >= 4 is 18.1 Å². The van der Waals surface area contributed by atoms with Gasteiger partial charge in [0.15, 0.2) is 6.29 Å². The van der Waals surface area contributed by atoms with Crippen LogP contribution in [0.4, 0.5) is 0 Å². The second-order valence-corrected chi connectivity index (χ2v) is 3.63. The number of aliphatic hydroxyl groups is 3. The lowest BCUT2D eigenvalue weighted by molar-refractivity contribution is -0.126. The molecule has 0 aromatic heterocycles. The minimum atomic E-state index is -1.35. The van der Waals surface area contributed by atoms with E-state index in [4.69, 9.17) is 15.3 Å². The highest BCUT2D eigenvalue weighted by atomic mass is 16.3. The van der Waals surface area contributed by atoms with E-state index < -0.39 is 42.6 Å². The van der Waals surface area contributed by atoms with Crippen LogP contribution in [-0.4, -0.2) is 53.2 Å². The average Bonchev–Trinajstić information content (AvgIpc) is 2.39. The van der Waals surface area contributed by atoms with Gasteiger partial charge in [-0.3, -0.25) is 19.7 Å². The third-order valence-electron chi connectivity index (χ3n) is 2.20. The van der Waals surface area contributed by atoms with Gasteiger partial charge in [-0.15, -0.1) is 0 Å². The lowest BCUT2D eigenvalue weighted by Crippen LogP contribution is -2.34. The molecule has 0 atom stereocenters. The van der Waals surface area contributed by atoms with Gasteiger partial charge < -0.3 is 15.3 Å². The Balaban J connectivity index is 4.61. The molecule has 0 bridgehead atoms. The molecule has 7 nitrogen and oxygen atoms in total. The number of aliphatic hydroxyl groups excluding tert-OH is 3. The van der Waals surface area contributed by atoms with Crippen molar-refractivity contribution in [3.05, 3.63) is 24.3 Å². The maximum atomic E-state index is 11.2. The Bertz CT molecular complexity index is 361. The van der Waals surface area contributed by atoms with E-state index in [-0.39, 0.29) is 6.29 Å². The molecule has 0 heterocycles. The SMILES string of the molecule is C=C(C=O)C(=O)NC(=O)C=CC(CO)(CO)CO. The maximum Gasteiger partial charge on any atom is 0.260 e. The van der Waals surface area contributed by atoms with E-state index in [9.17, 15) is 14.4 Å². The zero-order valence-electron chi connectivity index (χ0n) is 9.63. The number of aldehydes is 1. The Morgan fingerprint density at radius 1 is 1.17 bits per heavy atom. The molecule has 0 aliphatic carbocycles. The Labute approximate surface area is 103 Å². The van der Waals surface area contributed by atoms with E-state index >= 15 is 0 Å². The normalized spacial score (nSPS) is 11.3. The van der Waals surface area contributed by atoms with E-state index in [0.717, 1.165) is 12.2 Å². The molecule has 100 valence electrons. The van der Waals surface area contributed by atoms with Gasteiger partial charge in [0, 0.05) is 6.08 Å². The summed E-state index contributed by atoms with van der Waals surface area (Å²) in [6.45, 7) is 1.40. The largest absolute Gasteiger partial charge is 0.395 e. The molecule has 0 fully saturated rings. The molecule has 2 amide bonds. The third kappa shape index (κ3) is 4.58. The van der Waals surface area contributed by atoms with Gasteiger partial charge in [-0.05, 0) is 0 Å². The summed E-state index contributed by atoms with van der Waals surface area (Å²) in [5.74, 6) is -1.80. The van der Waals surface area contributed by atoms with Crippen molar-refractivity contribution in [2.75, 3.05) is 19.8 Å². The maximum absolute atomic E-state index is 11.2. The van der Waals surface area contributed by atoms with E-state index in [0.29, 0.717) is 0 Å². The second kappa shape index (κ2) is 7.49. The summed E-state index contributed by atoms with van der Waals surface area (Å²) in [5.41, 5.74) is -1.75. The first-order valence-corrected chi connectivity index (χ1v) is 4.96. The van der Waals surface area contributed by atoms with Crippen molar-refractivity contribution in [1.82, 2.24) is 5.32 Å². The summed E-state index contributed by atoms with van der Waals surface area (Å²) >= 11 is 0. The summed E-state index contributed by atoms with van der Waals surface area (Å²) < 4.78 is 0. The minimum absolute atomic E-state index is 0.200. The first-order chi connectivity index (χ1) is 8.44. The van der Waals surface area contributed by atoms with Crippen molar-refractivity contribution in [2.24, 2.45) is 5.41 Å². The number of hydrogen-bond donors (Lipinski definition) is 4. The van der Waals surface area contributed by atoms with Crippen LogP contribution < -0.4 is 5.32 Å². The van der Waals surface area contributed by atoms with Gasteiger partial charge in [0.1, 0.15) is 0 Å². The van der Waals surface area contributed by atoms with Gasteiger partial charge in [0.05, 0.1) is 30.8 Å². The molecule has 0 rings (SSSR count). The van der Waals surface area contributed by atoms with Crippen molar-refractivity contribution in [3.8, 4) is 0 Å². The number of hydrogen-bond acceptors (Lipinski definition) is 6. The highest BCUT2D eigenvalue weighted by Gasteiger charge is 2.24. The third-order valence-corrected chi connectivity index (χ3v) is 2.20. The van der Waals surface area contributed by atoms with E-state index in [1.165, 1.54) is 0 Å². The summed E-state index contributed by atoms with van der Waals surface area (Å²) in [6.07, 6.45) is 2.16. The summed E-state index contributed by atoms with van der Waals surface area (Å²) in [5, 5.41) is 28.7. The fourth-order valence-electron chi connectivity index (χ4n) is 0.848. The minimum Gasteiger partial charge on any atom is -0.395 e. The van der Waals surface area contributed by atoms with Gasteiger partial charge in [0.2, 0.25) is 0 Å². The zero-order valence-corrected chi connectivity index (χ0v) is 9.63. The number of amides is 2. The van der Waals surface area contributed by atoms with Crippen LogP contribution in [0.25, 0.3) is 0 Å². The Kier molecular flexibility index (Phi) is 6.73. The highest BCUT2D eigenvalue weighted by Crippen LogP contribution is 2.16. The molecule has 0 saturated heterocycles. The van der Waals surface area contributed by atoms with Crippen LogP contribution in [0.1, 0.15) is 0 Å². The fourth-order valence-corrected chi connectivity index (χ4v) is 0.848. The van der Waals surface area contributed by atoms with Gasteiger partial charge in [-0.25, -0.2) is 0 Å². The topological polar surface area (TPSA) is 124 Å². The molecular formula is C11H15NO6. The number of rotatable bonds is 7. The quantitative estimate of drug-likeness (QED) is 0.179. The molecule has 0 spiro atoms. The molecule has 0 unspecified atom stereocenters. The highest BCUT2D eigenvalue weighted by molar-refractivity contribution is 6.16. The molecule has 4 N–H and O–H groups in total. The smallest absolute Gasteiger partial charge is 0.260 e. The van der Waals surface area contributed by atoms with E-state index in [1.807, 2.05) is 5.32 Å². The Hall–Kier alpha value is -1.83. The number of nitrogens with one attached hydrogen (secondary N) is 1. The molecule has 0 saturated carbocycles. The molecule has 0 aliphatic heterocycles. The monoisotopic (exact) mass is 257 g/mol. The lowest BCUT2D eigenvalue weighted by Gasteiger charge is -2.22. The first-order valence-electron chi connectivity index (χ1n) is 4.96. The standard InChI is InChI=1S/C11H15NO6/c1-8(4-13)10(18)12-9(17)2-3-11(5-14,6-15)7-16/h2-4,14-16H,1,5-7H2,(H,12,17,18). The first kappa shape index (κ1) is 16.2. The van der Waals surface area contributed by atoms with Crippen LogP contribution in [0.3, 0.4) is 0 Å². The van der Waals surface area contributed by atoms with Crippen molar-refractivity contribution in [1.29, 1.82) is 0 Å². The van der Waals surface area contributed by atoms with Crippen LogP contribution in [0.15, 0.2) is 24.3 Å². The molecule has 18 heavy (non-hydrogen) atoms. The number of carbonyl (C=O) groups is 3. The van der Waals surface area contributed by atoms with Crippen LogP contribution in [-0.2, 0) is 14.4 Å². The van der Waals surface area contributed by atoms with Crippen molar-refractivity contribution in [2.45, 2.75) is 0 Å². The van der Waals surface area contributed by atoms with Crippen molar-refractivity contribution < 1.29 is 29.7 Å². The van der Waals surface area contributed by atoms with Crippen LogP contribution >= 0.6 is 0 Å². The van der Waals surface area contributed by atoms with Gasteiger partial charge in [0.25, 0.3) is 11.8 Å². The molecule has 0 radical (unpaired) electrons. The Morgan fingerprint density at radius 3 is 2.06 bits per heavy atom. The summed E-state index contributed by atoms with van der Waals surface area (Å²) in [4.78, 5) is 32.5. The molecule has 0 aromatic carbocycles. The van der Waals surface area contributed by atoms with Crippen LogP contribution in [0, 0.1) is 5.41 Å². The summed E-state index contributed by atoms with van der Waals surface area (Å²) in [6, 6.07) is 0. The van der Waals surface area contributed by atoms with Crippen LogP contribution in [0.2, 0.25) is 0 Å². The van der Waals surface area contributed by atoms with Gasteiger partial charge >= 0.3 is 0 Å². The average molecular weight is 257 g/mol. The van der Waals surface area contributed by atoms with E-state index in [1.54, 1.807) is 0 Å². The van der Waals surface area contributed by atoms with Crippen LogP contribution in [0.5, 0.6) is 0 Å². The zero-order chi connectivity index (χ0) is 14.2. The number of carbonyl (C=O) groups excluding carboxylic acids is 3. The predicted molar refractivity (Wildman–Crippen MR) is 61.2 cm³/mol. The molecular weight excluding hydrogens is 242 g/mol. The molecule has 0 aliphatic rings. The fraction of sp³-hybridized carbons (Fsp3) is 0.364. The summed E-state index contributed by atoms with van der Waals surface area (Å²) in [7, 11) is 0. The molecule has 7 heteroatoms. The number of imide groups is 1.